The lowest BCUT2D eigenvalue weighted by Crippen LogP contribution is -2.01. The number of hydrogen-bond acceptors (Lipinski definition) is 2. The molecule has 1 heterocycles. The van der Waals surface area contributed by atoms with Crippen molar-refractivity contribution in [2.75, 3.05) is 0 Å². The largest absolute Gasteiger partial charge is 0.462 e. The van der Waals surface area contributed by atoms with Gasteiger partial charge in [-0.05, 0) is 11.6 Å². The molecule has 0 radical (unpaired) electrons. The summed E-state index contributed by atoms with van der Waals surface area (Å²) in [7, 11) is 0. The van der Waals surface area contributed by atoms with Crippen molar-refractivity contribution in [2.45, 2.75) is 0 Å². The zero-order valence-electron chi connectivity index (χ0n) is 4.84. The number of nitrogens with zero attached hydrogens (tertiary/aromatic N) is 1. The van der Waals surface area contributed by atoms with Crippen molar-refractivity contribution in [1.82, 2.24) is 0 Å². The fourth-order valence-electron chi connectivity index (χ4n) is 0.494. The first-order valence-corrected chi connectivity index (χ1v) is 2.84. The lowest BCUT2D eigenvalue weighted by Gasteiger charge is -1.87. The highest BCUT2D eigenvalue weighted by Crippen LogP contribution is 2.14. The summed E-state index contributed by atoms with van der Waals surface area (Å²) in [6.45, 7) is 0. The van der Waals surface area contributed by atoms with Crippen LogP contribution in [0, 0.1) is 6.08 Å². The topological polar surface area (TPSA) is 49.7 Å². The van der Waals surface area contributed by atoms with E-state index in [0.717, 1.165) is 0 Å². The first kappa shape index (κ1) is 6.93. The minimum atomic E-state index is -1.09. The van der Waals surface area contributed by atoms with E-state index in [-0.39, 0.29) is 10.7 Å². The second kappa shape index (κ2) is 2.60. The molecule has 50 valence electrons. The predicted octanol–water partition coefficient (Wildman–Crippen LogP) is 0.965. The average Bonchev–Trinajstić information content (AvgIpc) is 1.88. The van der Waals surface area contributed by atoms with E-state index in [1.54, 1.807) is 0 Å². The summed E-state index contributed by atoms with van der Waals surface area (Å²) in [5, 5.41) is 8.41. The van der Waals surface area contributed by atoms with Gasteiger partial charge in [-0.3, -0.25) is 0 Å². The first-order valence-electron chi connectivity index (χ1n) is 2.46. The van der Waals surface area contributed by atoms with Crippen molar-refractivity contribution in [3.8, 4) is 0 Å². The number of rotatable bonds is 1. The second-order valence-electron chi connectivity index (χ2n) is 1.58. The Morgan fingerprint density at radius 2 is 2.50 bits per heavy atom. The van der Waals surface area contributed by atoms with Gasteiger partial charge in [0.05, 0.1) is 0 Å². The molecular formula is C6H3ClNO2+. The molecule has 1 N–H and O–H groups in total. The Labute approximate surface area is 62.3 Å². The fraction of sp³-hybridized carbons (Fsp3) is 0. The zero-order valence-corrected chi connectivity index (χ0v) is 5.59. The molecule has 0 saturated heterocycles. The van der Waals surface area contributed by atoms with E-state index >= 15 is 0 Å². The van der Waals surface area contributed by atoms with Gasteiger partial charge in [-0.2, -0.15) is 4.99 Å². The number of allylic oxidation sites excluding steroid dienone is 1. The number of hydrogen-bond donors (Lipinski definition) is 1. The van der Waals surface area contributed by atoms with Crippen LogP contribution in [0.15, 0.2) is 21.8 Å². The molecule has 0 fully saturated rings. The number of carboxylic acid groups (broad SMARTS) is 1. The van der Waals surface area contributed by atoms with Crippen molar-refractivity contribution in [3.63, 3.8) is 0 Å². The van der Waals surface area contributed by atoms with E-state index < -0.39 is 5.97 Å². The molecule has 0 aromatic rings. The zero-order chi connectivity index (χ0) is 7.56. The Hall–Kier alpha value is -1.18. The van der Waals surface area contributed by atoms with Gasteiger partial charge in [-0.1, -0.05) is 0 Å². The van der Waals surface area contributed by atoms with E-state index in [0.29, 0.717) is 0 Å². The van der Waals surface area contributed by atoms with Crippen LogP contribution in [-0.2, 0) is 4.79 Å². The smallest absolute Gasteiger partial charge is 0.425 e. The standard InChI is InChI=1S/C6H2ClNO2/c7-5-4(6(9)10)2-1-3-8-5/h2-3H/p+1. The Balaban J connectivity index is 3.04. The van der Waals surface area contributed by atoms with Gasteiger partial charge in [0.1, 0.15) is 6.08 Å². The van der Waals surface area contributed by atoms with Gasteiger partial charge in [0.25, 0.3) is 0 Å². The molecule has 0 atom stereocenters. The van der Waals surface area contributed by atoms with Gasteiger partial charge in [0.15, 0.2) is 12.3 Å². The number of aliphatic carboxylic acids is 1. The molecule has 1 aliphatic rings. The van der Waals surface area contributed by atoms with Crippen LogP contribution in [0.3, 0.4) is 0 Å². The van der Waals surface area contributed by atoms with Crippen molar-refractivity contribution in [1.29, 1.82) is 0 Å². The third-order valence-electron chi connectivity index (χ3n) is 0.933. The van der Waals surface area contributed by atoms with E-state index in [4.69, 9.17) is 16.7 Å². The molecule has 0 aromatic heterocycles. The highest BCUT2D eigenvalue weighted by atomic mass is 35.5. The average molecular weight is 157 g/mol. The molecular weight excluding hydrogens is 154 g/mol. The molecule has 0 aliphatic carbocycles. The summed E-state index contributed by atoms with van der Waals surface area (Å²) in [4.78, 5) is 13.8. The van der Waals surface area contributed by atoms with Crippen LogP contribution in [0.25, 0.3) is 0 Å². The van der Waals surface area contributed by atoms with Crippen molar-refractivity contribution < 1.29 is 9.90 Å². The van der Waals surface area contributed by atoms with Crippen LogP contribution in [0.1, 0.15) is 0 Å². The number of aliphatic imine (C=N–C) groups is 1. The van der Waals surface area contributed by atoms with Gasteiger partial charge < -0.3 is 5.11 Å². The molecule has 0 spiro atoms. The van der Waals surface area contributed by atoms with E-state index in [1.807, 2.05) is 0 Å². The Morgan fingerprint density at radius 3 is 2.90 bits per heavy atom. The quantitative estimate of drug-likeness (QED) is 0.454. The van der Waals surface area contributed by atoms with Gasteiger partial charge >= 0.3 is 5.97 Å². The summed E-state index contributed by atoms with van der Waals surface area (Å²) in [6, 6.07) is 0. The molecule has 0 aromatic carbocycles. The van der Waals surface area contributed by atoms with Gasteiger partial charge in [-0.25, -0.2) is 4.79 Å². The minimum absolute atomic E-state index is 0.00810. The fourth-order valence-corrected chi connectivity index (χ4v) is 0.678. The maximum absolute atomic E-state index is 10.3. The second-order valence-corrected chi connectivity index (χ2v) is 1.94. The molecule has 0 bridgehead atoms. The van der Waals surface area contributed by atoms with Crippen molar-refractivity contribution >= 4 is 23.8 Å². The van der Waals surface area contributed by atoms with Gasteiger partial charge in [-0.15, -0.1) is 0 Å². The lowest BCUT2D eigenvalue weighted by molar-refractivity contribution is -0.132. The number of carbonyl (C=O) groups is 1. The van der Waals surface area contributed by atoms with E-state index in [2.05, 4.69) is 11.1 Å². The van der Waals surface area contributed by atoms with E-state index in [1.165, 1.54) is 12.3 Å². The summed E-state index contributed by atoms with van der Waals surface area (Å²) >= 11 is 5.41. The predicted molar refractivity (Wildman–Crippen MR) is 36.8 cm³/mol. The maximum atomic E-state index is 10.3. The van der Waals surface area contributed by atoms with E-state index in [9.17, 15) is 4.79 Å². The highest BCUT2D eigenvalue weighted by molar-refractivity contribution is 6.32. The first-order chi connectivity index (χ1) is 4.72. The minimum Gasteiger partial charge on any atom is -0.462 e. The third-order valence-corrected chi connectivity index (χ3v) is 1.23. The summed E-state index contributed by atoms with van der Waals surface area (Å²) in [5.74, 6) is -1.09. The summed E-state index contributed by atoms with van der Waals surface area (Å²) < 4.78 is 0. The van der Waals surface area contributed by atoms with Crippen LogP contribution in [0.5, 0.6) is 0 Å². The third kappa shape index (κ3) is 1.21. The van der Waals surface area contributed by atoms with Crippen LogP contribution in [0.4, 0.5) is 0 Å². The Bertz CT molecular complexity index is 252. The molecule has 1 aliphatic heterocycles. The van der Waals surface area contributed by atoms with Crippen LogP contribution >= 0.6 is 11.6 Å². The Morgan fingerprint density at radius 1 is 1.80 bits per heavy atom. The molecule has 0 amide bonds. The molecule has 0 saturated carbocycles. The summed E-state index contributed by atoms with van der Waals surface area (Å²) in [5.41, 5.74) is -0.0239. The molecule has 10 heavy (non-hydrogen) atoms. The SMILES string of the molecule is O=C(O)C1=C(Cl)N=C[C+]=C1. The molecule has 3 nitrogen and oxygen atoms in total. The lowest BCUT2D eigenvalue weighted by atomic mass is 10.2. The highest BCUT2D eigenvalue weighted by Gasteiger charge is 2.21. The van der Waals surface area contributed by atoms with Crippen LogP contribution < -0.4 is 0 Å². The molecule has 0 unspecified atom stereocenters. The monoisotopic (exact) mass is 156 g/mol. The summed E-state index contributed by atoms with van der Waals surface area (Å²) in [6.07, 6.45) is 5.10. The van der Waals surface area contributed by atoms with Crippen molar-refractivity contribution in [2.24, 2.45) is 4.99 Å². The Kier molecular flexibility index (Phi) is 1.81. The maximum Gasteiger partial charge on any atom is 0.425 e. The number of halogens is 1. The van der Waals surface area contributed by atoms with Crippen molar-refractivity contribution in [3.05, 3.63) is 22.9 Å². The van der Waals surface area contributed by atoms with Gasteiger partial charge in [0.2, 0.25) is 10.7 Å². The van der Waals surface area contributed by atoms with Gasteiger partial charge in [0, 0.05) is 0 Å². The number of carboxylic acids is 1. The molecule has 4 heteroatoms. The van der Waals surface area contributed by atoms with Crippen LogP contribution in [0.2, 0.25) is 0 Å². The molecule has 1 rings (SSSR count). The van der Waals surface area contributed by atoms with Crippen LogP contribution in [-0.4, -0.2) is 17.3 Å². The normalized spacial score (nSPS) is 15.3.